The Balaban J connectivity index is 1.53. The number of benzene rings is 3. The van der Waals surface area contributed by atoms with Gasteiger partial charge in [-0.2, -0.15) is 5.10 Å². The van der Waals surface area contributed by atoms with Gasteiger partial charge in [0.25, 0.3) is 0 Å². The fraction of sp³-hybridized carbons (Fsp3) is 0.130. The molecule has 5 heteroatoms. The van der Waals surface area contributed by atoms with E-state index >= 15 is 0 Å². The molecule has 3 aromatic carbocycles. The molecule has 0 bridgehead atoms. The van der Waals surface area contributed by atoms with Gasteiger partial charge in [-0.1, -0.05) is 72.3 Å². The Morgan fingerprint density at radius 3 is 2.43 bits per heavy atom. The summed E-state index contributed by atoms with van der Waals surface area (Å²) in [6.45, 7) is 0.763. The lowest BCUT2D eigenvalue weighted by Crippen LogP contribution is -2.29. The standard InChI is InChI=1S/C23H20ClN3O/c24-19-11-12-21-20(15-19)23(18-9-5-2-6-10-18)26-27(21)16-22(28)25-14-13-17-7-3-1-4-8-17/h1-12,15H,13-14,16H2,(H,25,28). The number of nitrogens with zero attached hydrogens (tertiary/aromatic N) is 2. The van der Waals surface area contributed by atoms with Gasteiger partial charge in [-0.05, 0) is 30.2 Å². The summed E-state index contributed by atoms with van der Waals surface area (Å²) in [7, 11) is 0. The van der Waals surface area contributed by atoms with Crippen molar-refractivity contribution in [2.75, 3.05) is 6.54 Å². The molecule has 0 aliphatic carbocycles. The van der Waals surface area contributed by atoms with Crippen LogP contribution in [0.1, 0.15) is 5.56 Å². The molecule has 0 aliphatic heterocycles. The molecule has 0 saturated carbocycles. The van der Waals surface area contributed by atoms with Crippen LogP contribution in [0.15, 0.2) is 78.9 Å². The zero-order valence-electron chi connectivity index (χ0n) is 15.3. The monoisotopic (exact) mass is 389 g/mol. The van der Waals surface area contributed by atoms with Gasteiger partial charge in [-0.25, -0.2) is 0 Å². The molecule has 28 heavy (non-hydrogen) atoms. The Hall–Kier alpha value is -3.11. The van der Waals surface area contributed by atoms with Crippen molar-refractivity contribution in [1.82, 2.24) is 15.1 Å². The Morgan fingerprint density at radius 2 is 1.68 bits per heavy atom. The van der Waals surface area contributed by atoms with Crippen LogP contribution in [0.3, 0.4) is 0 Å². The van der Waals surface area contributed by atoms with Crippen LogP contribution in [0.4, 0.5) is 0 Å². The van der Waals surface area contributed by atoms with Crippen LogP contribution in [-0.2, 0) is 17.8 Å². The number of aromatic nitrogens is 2. The van der Waals surface area contributed by atoms with E-state index in [2.05, 4.69) is 17.4 Å². The number of hydrogen-bond donors (Lipinski definition) is 1. The van der Waals surface area contributed by atoms with Gasteiger partial charge in [0.2, 0.25) is 5.91 Å². The van der Waals surface area contributed by atoms with Gasteiger partial charge < -0.3 is 5.32 Å². The van der Waals surface area contributed by atoms with E-state index in [0.717, 1.165) is 28.6 Å². The molecule has 1 heterocycles. The van der Waals surface area contributed by atoms with E-state index in [9.17, 15) is 4.79 Å². The van der Waals surface area contributed by atoms with Crippen molar-refractivity contribution >= 4 is 28.4 Å². The number of fused-ring (bicyclic) bond motifs is 1. The molecule has 0 radical (unpaired) electrons. The average molecular weight is 390 g/mol. The van der Waals surface area contributed by atoms with Crippen molar-refractivity contribution in [2.24, 2.45) is 0 Å². The van der Waals surface area contributed by atoms with E-state index in [0.29, 0.717) is 11.6 Å². The Bertz CT molecular complexity index is 1090. The van der Waals surface area contributed by atoms with Crippen molar-refractivity contribution in [2.45, 2.75) is 13.0 Å². The number of carbonyl (C=O) groups is 1. The normalized spacial score (nSPS) is 10.9. The molecule has 0 spiro atoms. The van der Waals surface area contributed by atoms with Gasteiger partial charge >= 0.3 is 0 Å². The second-order valence-electron chi connectivity index (χ2n) is 6.62. The molecule has 1 aromatic heterocycles. The van der Waals surface area contributed by atoms with Gasteiger partial charge in [-0.3, -0.25) is 9.48 Å². The van der Waals surface area contributed by atoms with Crippen molar-refractivity contribution < 1.29 is 4.79 Å². The van der Waals surface area contributed by atoms with E-state index in [-0.39, 0.29) is 12.5 Å². The van der Waals surface area contributed by atoms with Crippen molar-refractivity contribution in [1.29, 1.82) is 0 Å². The maximum atomic E-state index is 12.5. The van der Waals surface area contributed by atoms with Gasteiger partial charge in [0.15, 0.2) is 0 Å². The summed E-state index contributed by atoms with van der Waals surface area (Å²) in [6, 6.07) is 25.7. The average Bonchev–Trinajstić information content (AvgIpc) is 3.07. The van der Waals surface area contributed by atoms with Crippen molar-refractivity contribution in [3.8, 4) is 11.3 Å². The van der Waals surface area contributed by atoms with Crippen LogP contribution in [0.5, 0.6) is 0 Å². The third-order valence-electron chi connectivity index (χ3n) is 4.63. The minimum Gasteiger partial charge on any atom is -0.354 e. The summed E-state index contributed by atoms with van der Waals surface area (Å²) >= 11 is 6.20. The van der Waals surface area contributed by atoms with Crippen LogP contribution >= 0.6 is 11.6 Å². The van der Waals surface area contributed by atoms with Crippen LogP contribution in [0, 0.1) is 0 Å². The van der Waals surface area contributed by atoms with Gasteiger partial charge in [0, 0.05) is 22.5 Å². The number of rotatable bonds is 6. The van der Waals surface area contributed by atoms with Gasteiger partial charge in [-0.15, -0.1) is 0 Å². The van der Waals surface area contributed by atoms with E-state index in [1.54, 1.807) is 4.68 Å². The minimum absolute atomic E-state index is 0.0603. The van der Waals surface area contributed by atoms with Gasteiger partial charge in [0.05, 0.1) is 5.52 Å². The molecule has 4 nitrogen and oxygen atoms in total. The summed E-state index contributed by atoms with van der Waals surface area (Å²) in [4.78, 5) is 12.5. The Kier molecular flexibility index (Phi) is 5.40. The fourth-order valence-electron chi connectivity index (χ4n) is 3.26. The van der Waals surface area contributed by atoms with E-state index < -0.39 is 0 Å². The molecule has 0 unspecified atom stereocenters. The van der Waals surface area contributed by atoms with Gasteiger partial charge in [0.1, 0.15) is 12.2 Å². The molecular formula is C23H20ClN3O. The molecule has 4 aromatic rings. The largest absolute Gasteiger partial charge is 0.354 e. The first-order chi connectivity index (χ1) is 13.7. The molecule has 0 fully saturated rings. The number of halogens is 1. The maximum Gasteiger partial charge on any atom is 0.241 e. The number of carbonyl (C=O) groups excluding carboxylic acids is 1. The Morgan fingerprint density at radius 1 is 0.964 bits per heavy atom. The maximum absolute atomic E-state index is 12.5. The van der Waals surface area contributed by atoms with Crippen LogP contribution in [0.2, 0.25) is 5.02 Å². The molecular weight excluding hydrogens is 370 g/mol. The van der Waals surface area contributed by atoms with Crippen molar-refractivity contribution in [3.05, 3.63) is 89.4 Å². The quantitative estimate of drug-likeness (QED) is 0.519. The highest BCUT2D eigenvalue weighted by molar-refractivity contribution is 6.31. The lowest BCUT2D eigenvalue weighted by atomic mass is 10.1. The summed E-state index contributed by atoms with van der Waals surface area (Å²) in [5.41, 5.74) is 3.92. The summed E-state index contributed by atoms with van der Waals surface area (Å²) in [6.07, 6.45) is 0.803. The molecule has 1 N–H and O–H groups in total. The second-order valence-corrected chi connectivity index (χ2v) is 7.06. The predicted octanol–water partition coefficient (Wildman–Crippen LogP) is 4.72. The summed E-state index contributed by atoms with van der Waals surface area (Å²) < 4.78 is 1.74. The topological polar surface area (TPSA) is 46.9 Å². The lowest BCUT2D eigenvalue weighted by Gasteiger charge is -2.06. The first-order valence-corrected chi connectivity index (χ1v) is 9.60. The minimum atomic E-state index is -0.0603. The third-order valence-corrected chi connectivity index (χ3v) is 4.87. The number of amides is 1. The van der Waals surface area contributed by atoms with Crippen molar-refractivity contribution in [3.63, 3.8) is 0 Å². The SMILES string of the molecule is O=C(Cn1nc(-c2ccccc2)c2cc(Cl)ccc21)NCCc1ccccc1. The lowest BCUT2D eigenvalue weighted by molar-refractivity contribution is -0.121. The molecule has 1 amide bonds. The van der Waals surface area contributed by atoms with Crippen LogP contribution in [0.25, 0.3) is 22.2 Å². The van der Waals surface area contributed by atoms with E-state index in [4.69, 9.17) is 16.7 Å². The van der Waals surface area contributed by atoms with E-state index in [1.165, 1.54) is 5.56 Å². The first kappa shape index (κ1) is 18.3. The molecule has 0 atom stereocenters. The first-order valence-electron chi connectivity index (χ1n) is 9.23. The highest BCUT2D eigenvalue weighted by Crippen LogP contribution is 2.30. The smallest absolute Gasteiger partial charge is 0.241 e. The fourth-order valence-corrected chi connectivity index (χ4v) is 3.44. The molecule has 4 rings (SSSR count). The summed E-state index contributed by atoms with van der Waals surface area (Å²) in [5, 5.41) is 9.27. The highest BCUT2D eigenvalue weighted by atomic mass is 35.5. The zero-order valence-corrected chi connectivity index (χ0v) is 16.1. The highest BCUT2D eigenvalue weighted by Gasteiger charge is 2.14. The second kappa shape index (κ2) is 8.28. The number of hydrogen-bond acceptors (Lipinski definition) is 2. The summed E-state index contributed by atoms with van der Waals surface area (Å²) in [5.74, 6) is -0.0603. The van der Waals surface area contributed by atoms with E-state index in [1.807, 2.05) is 66.7 Å². The molecule has 0 saturated heterocycles. The Labute approximate surface area is 168 Å². The van der Waals surface area contributed by atoms with Crippen LogP contribution in [-0.4, -0.2) is 22.2 Å². The van der Waals surface area contributed by atoms with Crippen LogP contribution < -0.4 is 5.32 Å². The molecule has 140 valence electrons. The molecule has 0 aliphatic rings. The predicted molar refractivity (Wildman–Crippen MR) is 113 cm³/mol. The third kappa shape index (κ3) is 4.07. The number of nitrogens with one attached hydrogen (secondary N) is 1. The zero-order chi connectivity index (χ0) is 19.3.